The summed E-state index contributed by atoms with van der Waals surface area (Å²) in [4.78, 5) is 31.1. The number of aromatic nitrogens is 1. The van der Waals surface area contributed by atoms with Crippen LogP contribution in [0.4, 0.5) is 0 Å². The lowest BCUT2D eigenvalue weighted by Crippen LogP contribution is -2.39. The lowest BCUT2D eigenvalue weighted by molar-refractivity contribution is -0.136. The molecule has 1 aliphatic heterocycles. The van der Waals surface area contributed by atoms with Crippen molar-refractivity contribution in [3.8, 4) is 5.75 Å². The van der Waals surface area contributed by atoms with Crippen LogP contribution in [0, 0.1) is 0 Å². The number of benzene rings is 2. The molecule has 152 valence electrons. The van der Waals surface area contributed by atoms with Gasteiger partial charge in [-0.25, -0.2) is 9.79 Å². The number of methoxy groups -OCH3 is 2. The first-order valence-electron chi connectivity index (χ1n) is 9.33. The Balaban J connectivity index is 1.96. The van der Waals surface area contributed by atoms with Crippen molar-refractivity contribution in [3.63, 3.8) is 0 Å². The van der Waals surface area contributed by atoms with Crippen molar-refractivity contribution < 1.29 is 14.3 Å². The van der Waals surface area contributed by atoms with Crippen molar-refractivity contribution in [2.24, 2.45) is 4.99 Å². The van der Waals surface area contributed by atoms with Crippen LogP contribution in [0.1, 0.15) is 24.1 Å². The molecule has 0 bridgehead atoms. The normalized spacial score (nSPS) is 16.1. The van der Waals surface area contributed by atoms with E-state index in [2.05, 4.69) is 4.99 Å². The van der Waals surface area contributed by atoms with Gasteiger partial charge in [0.1, 0.15) is 5.75 Å². The second-order valence-electron chi connectivity index (χ2n) is 6.76. The number of ether oxygens (including phenoxy) is 2. The molecule has 30 heavy (non-hydrogen) atoms. The lowest BCUT2D eigenvalue weighted by atomic mass is 9.96. The van der Waals surface area contributed by atoms with E-state index in [4.69, 9.17) is 9.47 Å². The molecule has 0 fully saturated rings. The molecule has 0 amide bonds. The first kappa shape index (κ1) is 19.8. The second-order valence-corrected chi connectivity index (χ2v) is 7.77. The molecule has 0 spiro atoms. The van der Waals surface area contributed by atoms with Gasteiger partial charge in [0.05, 0.1) is 36.1 Å². The molecule has 2 aromatic carbocycles. The highest BCUT2D eigenvalue weighted by molar-refractivity contribution is 7.07. The molecule has 7 heteroatoms. The number of allylic oxidation sites excluding steroid dienone is 1. The van der Waals surface area contributed by atoms with Crippen LogP contribution in [0.15, 0.2) is 75.7 Å². The molecule has 0 aliphatic carbocycles. The Morgan fingerprint density at radius 1 is 1.13 bits per heavy atom. The number of rotatable bonds is 4. The van der Waals surface area contributed by atoms with Crippen LogP contribution in [0.2, 0.25) is 0 Å². The number of fused-ring (bicyclic) bond motifs is 1. The average Bonchev–Trinajstić information content (AvgIpc) is 3.07. The van der Waals surface area contributed by atoms with E-state index in [-0.39, 0.29) is 5.56 Å². The van der Waals surface area contributed by atoms with Gasteiger partial charge in [0.2, 0.25) is 0 Å². The summed E-state index contributed by atoms with van der Waals surface area (Å²) < 4.78 is 12.4. The van der Waals surface area contributed by atoms with Crippen molar-refractivity contribution in [2.75, 3.05) is 14.2 Å². The van der Waals surface area contributed by atoms with Crippen LogP contribution in [0.5, 0.6) is 5.75 Å². The number of thiazole rings is 1. The van der Waals surface area contributed by atoms with Gasteiger partial charge in [-0.1, -0.05) is 53.8 Å². The van der Waals surface area contributed by atoms with Crippen molar-refractivity contribution in [1.29, 1.82) is 0 Å². The summed E-state index contributed by atoms with van der Waals surface area (Å²) in [5.74, 6) is 0.217. The monoisotopic (exact) mass is 420 g/mol. The van der Waals surface area contributed by atoms with Gasteiger partial charge in [0.25, 0.3) is 5.56 Å². The summed E-state index contributed by atoms with van der Waals surface area (Å²) in [5.41, 5.74) is 2.37. The molecule has 6 nitrogen and oxygen atoms in total. The number of carbonyl (C=O) groups excluding carboxylic acids is 1. The van der Waals surface area contributed by atoms with E-state index in [9.17, 15) is 9.59 Å². The Bertz CT molecular complexity index is 1320. The largest absolute Gasteiger partial charge is 0.497 e. The van der Waals surface area contributed by atoms with Gasteiger partial charge in [-0.2, -0.15) is 0 Å². The zero-order valence-corrected chi connectivity index (χ0v) is 17.6. The van der Waals surface area contributed by atoms with Crippen LogP contribution < -0.4 is 19.6 Å². The first-order valence-corrected chi connectivity index (χ1v) is 10.1. The quantitative estimate of drug-likeness (QED) is 0.608. The fourth-order valence-electron chi connectivity index (χ4n) is 3.53. The van der Waals surface area contributed by atoms with E-state index in [1.165, 1.54) is 18.4 Å². The SMILES string of the molecule is COC(=O)C1=C(C)N=c2sc(=Cc3cccc(OC)c3)c(=O)n2C1c1ccccc1. The van der Waals surface area contributed by atoms with Crippen molar-refractivity contribution in [2.45, 2.75) is 13.0 Å². The molecular formula is C23H20N2O4S. The third-order valence-corrected chi connectivity index (χ3v) is 5.92. The highest BCUT2D eigenvalue weighted by atomic mass is 32.1. The average molecular weight is 420 g/mol. The standard InChI is InChI=1S/C23H20N2O4S/c1-14-19(22(27)29-3)20(16-9-5-4-6-10-16)25-21(26)18(30-23(25)24-14)13-15-8-7-11-17(12-15)28-2/h4-13,20H,1-3H3. The van der Waals surface area contributed by atoms with Crippen molar-refractivity contribution in [1.82, 2.24) is 4.57 Å². The molecule has 0 N–H and O–H groups in total. The van der Waals surface area contributed by atoms with E-state index >= 15 is 0 Å². The maximum Gasteiger partial charge on any atom is 0.338 e. The molecule has 1 aromatic heterocycles. The summed E-state index contributed by atoms with van der Waals surface area (Å²) in [6, 6.07) is 16.3. The molecule has 2 heterocycles. The number of hydrogen-bond acceptors (Lipinski definition) is 6. The molecule has 0 saturated carbocycles. The van der Waals surface area contributed by atoms with Gasteiger partial charge in [0.15, 0.2) is 4.80 Å². The van der Waals surface area contributed by atoms with Gasteiger partial charge in [-0.05, 0) is 36.3 Å². The van der Waals surface area contributed by atoms with Gasteiger partial charge >= 0.3 is 5.97 Å². The summed E-state index contributed by atoms with van der Waals surface area (Å²) in [6.45, 7) is 1.77. The van der Waals surface area contributed by atoms with Crippen LogP contribution in [0.25, 0.3) is 6.08 Å². The number of nitrogens with zero attached hydrogens (tertiary/aromatic N) is 2. The van der Waals surface area contributed by atoms with Crippen LogP contribution >= 0.6 is 11.3 Å². The maximum atomic E-state index is 13.4. The Hall–Kier alpha value is -3.45. The number of carbonyl (C=O) groups is 1. The number of esters is 1. The highest BCUT2D eigenvalue weighted by Gasteiger charge is 2.32. The molecule has 1 unspecified atom stereocenters. The molecule has 1 aliphatic rings. The first-order chi connectivity index (χ1) is 14.5. The van der Waals surface area contributed by atoms with Gasteiger partial charge in [0, 0.05) is 0 Å². The van der Waals surface area contributed by atoms with Gasteiger partial charge in [-0.15, -0.1) is 0 Å². The molecule has 0 saturated heterocycles. The van der Waals surface area contributed by atoms with Crippen LogP contribution in [-0.4, -0.2) is 24.8 Å². The second kappa shape index (κ2) is 8.12. The van der Waals surface area contributed by atoms with Crippen LogP contribution in [-0.2, 0) is 9.53 Å². The van der Waals surface area contributed by atoms with Gasteiger partial charge < -0.3 is 9.47 Å². The predicted octanol–water partition coefficient (Wildman–Crippen LogP) is 2.42. The fourth-order valence-corrected chi connectivity index (χ4v) is 4.57. The van der Waals surface area contributed by atoms with E-state index in [1.807, 2.05) is 60.7 Å². The Morgan fingerprint density at radius 3 is 2.60 bits per heavy atom. The minimum atomic E-state index is -0.595. The summed E-state index contributed by atoms with van der Waals surface area (Å²) in [5, 5.41) is 0. The Morgan fingerprint density at radius 2 is 1.90 bits per heavy atom. The molecule has 3 aromatic rings. The summed E-state index contributed by atoms with van der Waals surface area (Å²) in [6.07, 6.45) is 1.81. The maximum absolute atomic E-state index is 13.4. The van der Waals surface area contributed by atoms with E-state index in [0.29, 0.717) is 26.4 Å². The molecule has 1 atom stereocenters. The highest BCUT2D eigenvalue weighted by Crippen LogP contribution is 2.30. The molecule has 0 radical (unpaired) electrons. The van der Waals surface area contributed by atoms with Crippen LogP contribution in [0.3, 0.4) is 0 Å². The van der Waals surface area contributed by atoms with Crippen molar-refractivity contribution >= 4 is 23.4 Å². The lowest BCUT2D eigenvalue weighted by Gasteiger charge is -2.24. The van der Waals surface area contributed by atoms with Crippen molar-refractivity contribution in [3.05, 3.63) is 96.7 Å². The number of hydrogen-bond donors (Lipinski definition) is 0. The van der Waals surface area contributed by atoms with E-state index < -0.39 is 12.0 Å². The summed E-state index contributed by atoms with van der Waals surface area (Å²) in [7, 11) is 2.93. The third-order valence-electron chi connectivity index (χ3n) is 4.93. The molecular weight excluding hydrogens is 400 g/mol. The minimum absolute atomic E-state index is 0.204. The summed E-state index contributed by atoms with van der Waals surface area (Å²) >= 11 is 1.29. The molecule has 4 rings (SSSR count). The predicted molar refractivity (Wildman–Crippen MR) is 115 cm³/mol. The Labute approximate surface area is 177 Å². The van der Waals surface area contributed by atoms with E-state index in [1.54, 1.807) is 18.6 Å². The van der Waals surface area contributed by atoms with E-state index in [0.717, 1.165) is 11.1 Å². The Kier molecular flexibility index (Phi) is 5.37. The fraction of sp³-hybridized carbons (Fsp3) is 0.174. The smallest absolute Gasteiger partial charge is 0.338 e. The van der Waals surface area contributed by atoms with Gasteiger partial charge in [-0.3, -0.25) is 9.36 Å². The zero-order chi connectivity index (χ0) is 21.3. The minimum Gasteiger partial charge on any atom is -0.497 e. The third kappa shape index (κ3) is 3.48. The zero-order valence-electron chi connectivity index (χ0n) is 16.8. The topological polar surface area (TPSA) is 69.9 Å².